The molecule has 1 aromatic rings. The average molecular weight is 670 g/mol. The molecule has 3 N–H and O–H groups in total. The van der Waals surface area contributed by atoms with E-state index in [0.29, 0.717) is 32.4 Å². The molecule has 7 nitrogen and oxygen atoms in total. The fourth-order valence-electron chi connectivity index (χ4n) is 6.57. The van der Waals surface area contributed by atoms with Crippen molar-refractivity contribution in [3.8, 4) is 0 Å². The number of fused-ring (bicyclic) bond motifs is 1. The Labute approximate surface area is 278 Å². The van der Waals surface area contributed by atoms with Gasteiger partial charge in [0.15, 0.2) is 0 Å². The third kappa shape index (κ3) is 10.5. The standard InChI is InChI=1S/C37H43F4N3O4/c38-33-14-7-15-34(31(33)13-6-12-30-22-42-29(23-48-30)18-19-47-36(46)43-24-37(39,40)41)44-35(45)21-32(26-9-2-1-3-10-26)28-17-16-25-8-4-5-11-27(25)20-28/h1-2,4-9,11-12,14-16,20,28-32,34,42H,3,10,13,17-19,21-24H2,(H,43,46)(H,44,45). The van der Waals surface area contributed by atoms with Crippen molar-refractivity contribution in [2.24, 2.45) is 17.8 Å². The van der Waals surface area contributed by atoms with Crippen molar-refractivity contribution in [1.82, 2.24) is 16.0 Å². The number of halogens is 4. The largest absolute Gasteiger partial charge is 0.449 e. The van der Waals surface area contributed by atoms with E-state index < -0.39 is 30.8 Å². The Morgan fingerprint density at radius 1 is 1.15 bits per heavy atom. The molecule has 0 radical (unpaired) electrons. The third-order valence-electron chi connectivity index (χ3n) is 9.13. The van der Waals surface area contributed by atoms with Crippen LogP contribution < -0.4 is 26.4 Å². The lowest BCUT2D eigenvalue weighted by Gasteiger charge is -2.31. The van der Waals surface area contributed by atoms with E-state index in [4.69, 9.17) is 9.47 Å². The highest BCUT2D eigenvalue weighted by Crippen LogP contribution is 2.34. The van der Waals surface area contributed by atoms with Gasteiger partial charge in [0.1, 0.15) is 12.4 Å². The van der Waals surface area contributed by atoms with Crippen LogP contribution in [0.1, 0.15) is 38.5 Å². The maximum Gasteiger partial charge on any atom is 0.407 e. The first-order valence-corrected chi connectivity index (χ1v) is 16.6. The number of alkyl halides is 3. The molecule has 1 fully saturated rings. The molecular weight excluding hydrogens is 626 g/mol. The molecule has 11 heteroatoms. The van der Waals surface area contributed by atoms with E-state index in [2.05, 4.69) is 53.1 Å². The van der Waals surface area contributed by atoms with Gasteiger partial charge >= 0.3 is 12.3 Å². The number of alkyl carbamates (subject to hydrolysis) is 1. The number of hydrogen-bond acceptors (Lipinski definition) is 5. The van der Waals surface area contributed by atoms with Gasteiger partial charge in [-0.2, -0.15) is 13.2 Å². The molecule has 1 aliphatic heterocycles. The van der Waals surface area contributed by atoms with Gasteiger partial charge < -0.3 is 25.4 Å². The molecule has 48 heavy (non-hydrogen) atoms. The first kappa shape index (κ1) is 35.3. The summed E-state index contributed by atoms with van der Waals surface area (Å²) in [5, 5.41) is 10.5. The summed E-state index contributed by atoms with van der Waals surface area (Å²) in [6.45, 7) is -0.715. The molecule has 5 rings (SSSR count). The van der Waals surface area contributed by atoms with Crippen LogP contribution in [0.15, 0.2) is 84.3 Å². The Morgan fingerprint density at radius 2 is 1.98 bits per heavy atom. The molecule has 1 saturated heterocycles. The van der Waals surface area contributed by atoms with Gasteiger partial charge in [0.2, 0.25) is 5.91 Å². The maximum atomic E-state index is 15.1. The van der Waals surface area contributed by atoms with Crippen LogP contribution in [0.4, 0.5) is 22.4 Å². The molecule has 3 aliphatic carbocycles. The lowest BCUT2D eigenvalue weighted by atomic mass is 9.76. The smallest absolute Gasteiger partial charge is 0.407 e. The molecule has 0 saturated carbocycles. The molecule has 0 bridgehead atoms. The second-order valence-corrected chi connectivity index (χ2v) is 12.6. The van der Waals surface area contributed by atoms with Crippen LogP contribution in [-0.4, -0.2) is 62.7 Å². The highest BCUT2D eigenvalue weighted by Gasteiger charge is 2.31. The van der Waals surface area contributed by atoms with Gasteiger partial charge in [0.05, 0.1) is 25.4 Å². The Balaban J connectivity index is 1.10. The summed E-state index contributed by atoms with van der Waals surface area (Å²) in [5.74, 6) is -0.702. The van der Waals surface area contributed by atoms with Crippen LogP contribution in [0, 0.1) is 17.8 Å². The lowest BCUT2D eigenvalue weighted by molar-refractivity contribution is -0.124. The fraction of sp³-hybridized carbons (Fsp3) is 0.459. The molecule has 0 aromatic heterocycles. The first-order valence-electron chi connectivity index (χ1n) is 16.6. The first-order chi connectivity index (χ1) is 23.1. The number of carbonyl (C=O) groups excluding carboxylic acids is 2. The van der Waals surface area contributed by atoms with Gasteiger partial charge in [-0.1, -0.05) is 84.5 Å². The maximum absolute atomic E-state index is 15.1. The molecular formula is C37H43F4N3O4. The minimum Gasteiger partial charge on any atom is -0.449 e. The highest BCUT2D eigenvalue weighted by atomic mass is 19.4. The molecule has 0 spiro atoms. The Bertz CT molecular complexity index is 1560. The summed E-state index contributed by atoms with van der Waals surface area (Å²) in [7, 11) is 0. The van der Waals surface area contributed by atoms with E-state index in [1.807, 2.05) is 30.4 Å². The summed E-state index contributed by atoms with van der Waals surface area (Å²) in [4.78, 5) is 25.0. The Kier molecular flexibility index (Phi) is 12.5. The van der Waals surface area contributed by atoms with E-state index in [9.17, 15) is 22.8 Å². The van der Waals surface area contributed by atoms with E-state index in [1.54, 1.807) is 11.4 Å². The number of morpholine rings is 1. The van der Waals surface area contributed by atoms with Gasteiger partial charge in [0.25, 0.3) is 0 Å². The second kappa shape index (κ2) is 16.9. The van der Waals surface area contributed by atoms with Crippen LogP contribution in [0.2, 0.25) is 0 Å². The van der Waals surface area contributed by atoms with E-state index in [1.165, 1.54) is 22.1 Å². The number of allylic oxidation sites excluding steroid dienone is 7. The third-order valence-corrected chi connectivity index (χ3v) is 9.13. The van der Waals surface area contributed by atoms with Crippen LogP contribution >= 0.6 is 0 Å². The average Bonchev–Trinajstić information content (AvgIpc) is 3.08. The summed E-state index contributed by atoms with van der Waals surface area (Å²) >= 11 is 0. The number of carbonyl (C=O) groups is 2. The molecule has 4 aliphatic rings. The van der Waals surface area contributed by atoms with Crippen molar-refractivity contribution in [3.05, 3.63) is 94.7 Å². The van der Waals surface area contributed by atoms with Crippen LogP contribution in [0.3, 0.4) is 0 Å². The van der Waals surface area contributed by atoms with Crippen molar-refractivity contribution < 1.29 is 36.6 Å². The van der Waals surface area contributed by atoms with Gasteiger partial charge in [-0.25, -0.2) is 9.18 Å². The van der Waals surface area contributed by atoms with Crippen LogP contribution in [-0.2, 0) is 14.3 Å². The molecule has 6 unspecified atom stereocenters. The summed E-state index contributed by atoms with van der Waals surface area (Å²) in [6.07, 6.45) is 17.5. The second-order valence-electron chi connectivity index (χ2n) is 12.6. The number of nitrogens with one attached hydrogen (secondary N) is 3. The zero-order chi connectivity index (χ0) is 33.9. The lowest BCUT2D eigenvalue weighted by Crippen LogP contribution is -2.46. The van der Waals surface area contributed by atoms with Gasteiger partial charge in [-0.15, -0.1) is 0 Å². The van der Waals surface area contributed by atoms with E-state index in [-0.39, 0.29) is 42.3 Å². The number of benzene rings is 1. The van der Waals surface area contributed by atoms with Crippen LogP contribution in [0.25, 0.3) is 12.2 Å². The van der Waals surface area contributed by atoms with E-state index in [0.717, 1.165) is 19.3 Å². The fourth-order valence-corrected chi connectivity index (χ4v) is 6.57. The van der Waals surface area contributed by atoms with Crippen molar-refractivity contribution in [2.45, 2.75) is 62.9 Å². The number of amides is 2. The molecule has 1 aromatic carbocycles. The highest BCUT2D eigenvalue weighted by molar-refractivity contribution is 5.77. The van der Waals surface area contributed by atoms with Gasteiger partial charge in [-0.05, 0) is 60.5 Å². The molecule has 2 amide bonds. The number of hydrogen-bond donors (Lipinski definition) is 3. The molecule has 6 atom stereocenters. The van der Waals surface area contributed by atoms with Crippen LogP contribution in [0.5, 0.6) is 0 Å². The monoisotopic (exact) mass is 669 g/mol. The van der Waals surface area contributed by atoms with Crippen molar-refractivity contribution >= 4 is 24.2 Å². The SMILES string of the molecule is O=C(CC(C1=CC=CCC1)C1C=c2ccccc2=CC1)NC1C=CC=C(F)C1CC=CC1CNC(CCOC(=O)NCC(F)(F)F)CO1. The molecule has 1 heterocycles. The predicted octanol–water partition coefficient (Wildman–Crippen LogP) is 5.06. The Hall–Kier alpha value is -3.96. The summed E-state index contributed by atoms with van der Waals surface area (Å²) in [5.41, 5.74) is 1.27. The quantitative estimate of drug-likeness (QED) is 0.214. The molecule has 258 valence electrons. The van der Waals surface area contributed by atoms with E-state index >= 15 is 4.39 Å². The topological polar surface area (TPSA) is 88.7 Å². The van der Waals surface area contributed by atoms with Crippen molar-refractivity contribution in [2.75, 3.05) is 26.3 Å². The Morgan fingerprint density at radius 3 is 2.73 bits per heavy atom. The van der Waals surface area contributed by atoms with Gasteiger partial charge in [-0.3, -0.25) is 4.79 Å². The zero-order valence-electron chi connectivity index (χ0n) is 26.8. The number of ether oxygens (including phenoxy) is 2. The number of rotatable bonds is 12. The minimum atomic E-state index is -4.50. The van der Waals surface area contributed by atoms with Gasteiger partial charge in [0, 0.05) is 24.9 Å². The minimum absolute atomic E-state index is 0.0451. The predicted molar refractivity (Wildman–Crippen MR) is 176 cm³/mol. The van der Waals surface area contributed by atoms with Crippen molar-refractivity contribution in [3.63, 3.8) is 0 Å². The summed E-state index contributed by atoms with van der Waals surface area (Å²) < 4.78 is 62.3. The van der Waals surface area contributed by atoms with Crippen molar-refractivity contribution in [1.29, 1.82) is 0 Å². The normalized spacial score (nSPS) is 26.0. The zero-order valence-corrected chi connectivity index (χ0v) is 26.8. The summed E-state index contributed by atoms with van der Waals surface area (Å²) in [6, 6.07) is 7.68.